The Kier molecular flexibility index (Phi) is 5.88. The Labute approximate surface area is 177 Å². The molecule has 30 heavy (non-hydrogen) atoms. The summed E-state index contributed by atoms with van der Waals surface area (Å²) in [6.07, 6.45) is -0.206. The van der Waals surface area contributed by atoms with Crippen LogP contribution in [0.2, 0.25) is 0 Å². The summed E-state index contributed by atoms with van der Waals surface area (Å²) in [6, 6.07) is 16.1. The Morgan fingerprint density at radius 3 is 2.57 bits per heavy atom. The Balaban J connectivity index is 1.33. The Hall–Kier alpha value is -3.08. The van der Waals surface area contributed by atoms with Crippen LogP contribution in [-0.2, 0) is 9.59 Å². The summed E-state index contributed by atoms with van der Waals surface area (Å²) in [7, 11) is 0. The zero-order valence-corrected chi connectivity index (χ0v) is 16.8. The Morgan fingerprint density at radius 2 is 1.87 bits per heavy atom. The predicted molar refractivity (Wildman–Crippen MR) is 115 cm³/mol. The van der Waals surface area contributed by atoms with E-state index in [9.17, 15) is 14.4 Å². The number of nitrogens with one attached hydrogen (secondary N) is 4. The minimum atomic E-state index is -0.521. The van der Waals surface area contributed by atoms with Crippen LogP contribution in [0, 0.1) is 5.92 Å². The van der Waals surface area contributed by atoms with Gasteiger partial charge in [-0.3, -0.25) is 24.7 Å². The van der Waals surface area contributed by atoms with Gasteiger partial charge in [0.1, 0.15) is 11.7 Å². The number of carbonyl (C=O) groups excluding carboxylic acids is 3. The molecule has 0 spiro atoms. The quantitative estimate of drug-likeness (QED) is 0.453. The van der Waals surface area contributed by atoms with Gasteiger partial charge in [0.25, 0.3) is 0 Å². The lowest BCUT2D eigenvalue weighted by atomic mass is 10.1. The number of rotatable bonds is 6. The molecule has 9 nitrogen and oxygen atoms in total. The molecule has 3 amide bonds. The molecule has 2 aromatic rings. The monoisotopic (exact) mass is 426 g/mol. The molecular weight excluding hydrogens is 404 g/mol. The zero-order valence-electron chi connectivity index (χ0n) is 16.0. The predicted octanol–water partition coefficient (Wildman–Crippen LogP) is 0.427. The second kappa shape index (κ2) is 8.74. The number of carbonyl (C=O) groups is 3. The van der Waals surface area contributed by atoms with Crippen molar-refractivity contribution in [3.8, 4) is 0 Å². The number of anilines is 2. The first-order chi connectivity index (χ1) is 14.5. The molecule has 2 fully saturated rings. The molecule has 0 aromatic heterocycles. The van der Waals surface area contributed by atoms with E-state index in [4.69, 9.17) is 5.73 Å². The van der Waals surface area contributed by atoms with E-state index in [1.165, 1.54) is 11.8 Å². The number of nitrogens with two attached hydrogens (primary N) is 1. The number of amides is 3. The second-order valence-corrected chi connectivity index (χ2v) is 8.07. The summed E-state index contributed by atoms with van der Waals surface area (Å²) >= 11 is 1.30. The summed E-state index contributed by atoms with van der Waals surface area (Å²) in [6.45, 7) is 0.539. The van der Waals surface area contributed by atoms with E-state index in [1.54, 1.807) is 24.3 Å². The van der Waals surface area contributed by atoms with Gasteiger partial charge in [-0.25, -0.2) is 5.43 Å². The van der Waals surface area contributed by atoms with Gasteiger partial charge in [0, 0.05) is 17.8 Å². The van der Waals surface area contributed by atoms with Crippen molar-refractivity contribution in [3.63, 3.8) is 0 Å². The summed E-state index contributed by atoms with van der Waals surface area (Å²) in [5, 5.41) is 11.0. The van der Waals surface area contributed by atoms with E-state index < -0.39 is 11.4 Å². The van der Waals surface area contributed by atoms with Crippen LogP contribution < -0.4 is 32.1 Å². The van der Waals surface area contributed by atoms with E-state index >= 15 is 0 Å². The number of para-hydroxylation sites is 1. The van der Waals surface area contributed by atoms with Gasteiger partial charge in [-0.05, 0) is 36.4 Å². The Morgan fingerprint density at radius 1 is 1.13 bits per heavy atom. The molecule has 0 radical (unpaired) electrons. The molecule has 156 valence electrons. The number of hydrogen-bond acceptors (Lipinski definition) is 7. The van der Waals surface area contributed by atoms with Crippen molar-refractivity contribution in [1.82, 2.24) is 16.1 Å². The molecule has 6 N–H and O–H groups in total. The SMILES string of the molecule is NC(=O)c1ccc(NC(=O)CSC2NC(=O)C3CNN(c4ccccc4)C3N2)cc1. The van der Waals surface area contributed by atoms with E-state index in [0.29, 0.717) is 17.8 Å². The molecule has 2 aliphatic rings. The number of hydrazine groups is 1. The van der Waals surface area contributed by atoms with Crippen LogP contribution >= 0.6 is 11.8 Å². The van der Waals surface area contributed by atoms with Gasteiger partial charge >= 0.3 is 0 Å². The van der Waals surface area contributed by atoms with Crippen LogP contribution in [0.4, 0.5) is 11.4 Å². The van der Waals surface area contributed by atoms with Crippen molar-refractivity contribution < 1.29 is 14.4 Å². The number of benzene rings is 2. The van der Waals surface area contributed by atoms with Crippen LogP contribution in [0.5, 0.6) is 0 Å². The van der Waals surface area contributed by atoms with Crippen LogP contribution in [0.3, 0.4) is 0 Å². The van der Waals surface area contributed by atoms with Crippen LogP contribution in [0.15, 0.2) is 54.6 Å². The molecule has 2 saturated heterocycles. The molecule has 0 saturated carbocycles. The fourth-order valence-corrected chi connectivity index (χ4v) is 4.28. The fourth-order valence-electron chi connectivity index (χ4n) is 3.45. The first kappa shape index (κ1) is 20.2. The summed E-state index contributed by atoms with van der Waals surface area (Å²) in [5.74, 6) is -0.864. The highest BCUT2D eigenvalue weighted by molar-refractivity contribution is 8.00. The summed E-state index contributed by atoms with van der Waals surface area (Å²) in [5.41, 5.74) is 9.99. The van der Waals surface area contributed by atoms with Crippen molar-refractivity contribution >= 4 is 40.9 Å². The molecule has 2 aromatic carbocycles. The molecular formula is C20H22N6O3S. The van der Waals surface area contributed by atoms with Gasteiger partial charge in [-0.15, -0.1) is 11.8 Å². The van der Waals surface area contributed by atoms with Gasteiger partial charge in [-0.2, -0.15) is 0 Å². The lowest BCUT2D eigenvalue weighted by Gasteiger charge is -2.37. The number of thioether (sulfide) groups is 1. The maximum absolute atomic E-state index is 12.5. The standard InChI is InChI=1S/C20H22N6O3S/c21-17(28)12-6-8-13(9-7-12)23-16(27)11-30-20-24-18-15(19(29)25-20)10-22-26(18)14-4-2-1-3-5-14/h1-9,15,18,20,22,24H,10-11H2,(H2,21,28)(H,23,27)(H,25,29). The molecule has 0 bridgehead atoms. The van der Waals surface area contributed by atoms with Gasteiger partial charge < -0.3 is 16.4 Å². The second-order valence-electron chi connectivity index (χ2n) is 6.98. The maximum atomic E-state index is 12.5. The van der Waals surface area contributed by atoms with E-state index in [1.807, 2.05) is 35.3 Å². The van der Waals surface area contributed by atoms with Gasteiger partial charge in [-0.1, -0.05) is 18.2 Å². The molecule has 3 atom stereocenters. The number of hydrogen-bond donors (Lipinski definition) is 5. The van der Waals surface area contributed by atoms with Gasteiger partial charge in [0.15, 0.2) is 0 Å². The zero-order chi connectivity index (χ0) is 21.1. The maximum Gasteiger partial charge on any atom is 0.248 e. The highest BCUT2D eigenvalue weighted by Crippen LogP contribution is 2.26. The average molecular weight is 427 g/mol. The third-order valence-electron chi connectivity index (χ3n) is 4.94. The lowest BCUT2D eigenvalue weighted by Crippen LogP contribution is -2.63. The molecule has 2 aliphatic heterocycles. The van der Waals surface area contributed by atoms with Crippen molar-refractivity contribution in [2.75, 3.05) is 22.6 Å². The van der Waals surface area contributed by atoms with Crippen LogP contribution in [0.1, 0.15) is 10.4 Å². The number of primary amides is 1. The Bertz CT molecular complexity index is 939. The molecule has 0 aliphatic carbocycles. The van der Waals surface area contributed by atoms with E-state index in [2.05, 4.69) is 21.4 Å². The van der Waals surface area contributed by atoms with Crippen molar-refractivity contribution in [1.29, 1.82) is 0 Å². The van der Waals surface area contributed by atoms with Crippen LogP contribution in [0.25, 0.3) is 0 Å². The third kappa shape index (κ3) is 4.40. The first-order valence-electron chi connectivity index (χ1n) is 9.47. The topological polar surface area (TPSA) is 129 Å². The highest BCUT2D eigenvalue weighted by Gasteiger charge is 2.44. The third-order valence-corrected chi connectivity index (χ3v) is 5.96. The molecule has 2 heterocycles. The van der Waals surface area contributed by atoms with Crippen molar-refractivity contribution in [2.24, 2.45) is 11.7 Å². The minimum absolute atomic E-state index is 0.0513. The van der Waals surface area contributed by atoms with Crippen LogP contribution in [-0.4, -0.2) is 41.7 Å². The van der Waals surface area contributed by atoms with E-state index in [0.717, 1.165) is 5.69 Å². The number of nitrogens with zero attached hydrogens (tertiary/aromatic N) is 1. The smallest absolute Gasteiger partial charge is 0.248 e. The van der Waals surface area contributed by atoms with Crippen molar-refractivity contribution in [3.05, 3.63) is 60.2 Å². The summed E-state index contributed by atoms with van der Waals surface area (Å²) in [4.78, 5) is 35.9. The largest absolute Gasteiger partial charge is 0.366 e. The molecule has 3 unspecified atom stereocenters. The average Bonchev–Trinajstić information content (AvgIpc) is 3.18. The van der Waals surface area contributed by atoms with E-state index in [-0.39, 0.29) is 29.7 Å². The van der Waals surface area contributed by atoms with Gasteiger partial charge in [0.2, 0.25) is 17.7 Å². The normalized spacial score (nSPS) is 22.9. The number of fused-ring (bicyclic) bond motifs is 1. The van der Waals surface area contributed by atoms with Crippen molar-refractivity contribution in [2.45, 2.75) is 11.7 Å². The first-order valence-corrected chi connectivity index (χ1v) is 10.5. The highest BCUT2D eigenvalue weighted by atomic mass is 32.2. The molecule has 4 rings (SSSR count). The molecule has 10 heteroatoms. The summed E-state index contributed by atoms with van der Waals surface area (Å²) < 4.78 is 0. The minimum Gasteiger partial charge on any atom is -0.366 e. The fraction of sp³-hybridized carbons (Fsp3) is 0.250. The lowest BCUT2D eigenvalue weighted by molar-refractivity contribution is -0.127. The van der Waals surface area contributed by atoms with Gasteiger partial charge in [0.05, 0.1) is 17.4 Å².